The van der Waals surface area contributed by atoms with Crippen molar-refractivity contribution in [2.45, 2.75) is 89.1 Å². The topological polar surface area (TPSA) is 62.3 Å². The average molecular weight is 639 g/mol. The number of nitrogens with one attached hydrogen (secondary N) is 2. The van der Waals surface area contributed by atoms with E-state index >= 15 is 0 Å². The number of halogens is 3. The maximum Gasteiger partial charge on any atom is 0.426 e. The van der Waals surface area contributed by atoms with E-state index in [1.54, 1.807) is 12.1 Å². The Morgan fingerprint density at radius 3 is 1.66 bits per heavy atom. The Kier molecular flexibility index (Phi) is 9.77. The van der Waals surface area contributed by atoms with Gasteiger partial charge in [0.2, 0.25) is 5.66 Å². The summed E-state index contributed by atoms with van der Waals surface area (Å²) in [7, 11) is -4.98. The molecule has 0 aromatic heterocycles. The summed E-state index contributed by atoms with van der Waals surface area (Å²) in [5.41, 5.74) is 3.05. The van der Waals surface area contributed by atoms with Gasteiger partial charge in [0.05, 0.1) is 12.7 Å². The normalized spacial score (nSPS) is 16.2. The number of benzene rings is 3. The first-order chi connectivity index (χ1) is 20.4. The fourth-order valence-corrected chi connectivity index (χ4v) is 11.2. The number of rotatable bonds is 9. The van der Waals surface area contributed by atoms with Crippen molar-refractivity contribution in [3.63, 3.8) is 0 Å². The van der Waals surface area contributed by atoms with Crippen molar-refractivity contribution in [2.24, 2.45) is 0 Å². The second-order valence-corrected chi connectivity index (χ2v) is 23.1. The average Bonchev–Trinajstić information content (AvgIpc) is 3.76. The third-order valence-corrected chi connectivity index (χ3v) is 18.4. The molecule has 0 aliphatic carbocycles. The van der Waals surface area contributed by atoms with Crippen LogP contribution in [0.3, 0.4) is 0 Å². The van der Waals surface area contributed by atoms with Crippen molar-refractivity contribution < 1.29 is 22.0 Å². The number of alkyl halides is 3. The standard InChI is InChI=1S/C35H45F3N2O2Si2/c1-32(2,3)43(7,8)42-29(17-15-16-27-22-24-28(25-23-27)34(39-40-34)35(36,37)38)26-41-44(33(4,5)6,30-18-11-9-12-19-30)31-20-13-10-14-21-31/h9-14,18-25,29,39-40H,17,26H2,1-8H3. The van der Waals surface area contributed by atoms with E-state index in [2.05, 4.69) is 126 Å². The van der Waals surface area contributed by atoms with Gasteiger partial charge in [-0.1, -0.05) is 126 Å². The molecular weight excluding hydrogens is 594 g/mol. The van der Waals surface area contributed by atoms with E-state index in [4.69, 9.17) is 8.85 Å². The van der Waals surface area contributed by atoms with Gasteiger partial charge in [-0.2, -0.15) is 13.2 Å². The lowest BCUT2D eigenvalue weighted by Crippen LogP contribution is -2.67. The molecule has 1 heterocycles. The van der Waals surface area contributed by atoms with Crippen molar-refractivity contribution in [1.29, 1.82) is 0 Å². The molecule has 44 heavy (non-hydrogen) atoms. The third kappa shape index (κ3) is 7.06. The quantitative estimate of drug-likeness (QED) is 0.148. The summed E-state index contributed by atoms with van der Waals surface area (Å²) in [6.45, 7) is 18.2. The van der Waals surface area contributed by atoms with Crippen molar-refractivity contribution in [3.8, 4) is 11.8 Å². The molecule has 0 saturated carbocycles. The largest absolute Gasteiger partial charge is 0.426 e. The van der Waals surface area contributed by atoms with Crippen LogP contribution in [0.2, 0.25) is 23.2 Å². The lowest BCUT2D eigenvalue weighted by Gasteiger charge is -2.45. The van der Waals surface area contributed by atoms with Gasteiger partial charge in [-0.25, -0.2) is 10.9 Å². The second kappa shape index (κ2) is 12.6. The first kappa shape index (κ1) is 34.2. The number of hydrogen-bond acceptors (Lipinski definition) is 4. The van der Waals surface area contributed by atoms with Crippen LogP contribution in [0.25, 0.3) is 0 Å². The Balaban J connectivity index is 1.64. The fraction of sp³-hybridized carbons (Fsp3) is 0.429. The van der Waals surface area contributed by atoms with E-state index in [-0.39, 0.29) is 21.7 Å². The van der Waals surface area contributed by atoms with Crippen LogP contribution >= 0.6 is 0 Å². The highest BCUT2D eigenvalue weighted by Gasteiger charge is 2.65. The minimum Gasteiger partial charge on any atom is -0.411 e. The highest BCUT2D eigenvalue weighted by molar-refractivity contribution is 6.99. The lowest BCUT2D eigenvalue weighted by molar-refractivity contribution is -0.165. The summed E-state index contributed by atoms with van der Waals surface area (Å²) in [5.74, 6) is 6.41. The van der Waals surface area contributed by atoms with Crippen LogP contribution in [-0.2, 0) is 14.5 Å². The Bertz CT molecular complexity index is 1410. The van der Waals surface area contributed by atoms with Gasteiger partial charge in [-0.15, -0.1) is 0 Å². The van der Waals surface area contributed by atoms with Crippen LogP contribution in [-0.4, -0.2) is 35.5 Å². The Hall–Kier alpha value is -2.72. The molecule has 0 radical (unpaired) electrons. The highest BCUT2D eigenvalue weighted by atomic mass is 28.4. The Morgan fingerprint density at radius 2 is 1.25 bits per heavy atom. The van der Waals surface area contributed by atoms with Crippen LogP contribution in [0.15, 0.2) is 84.9 Å². The zero-order valence-corrected chi connectivity index (χ0v) is 29.0. The van der Waals surface area contributed by atoms with E-state index < -0.39 is 28.5 Å². The van der Waals surface area contributed by atoms with Gasteiger partial charge < -0.3 is 8.85 Å². The first-order valence-corrected chi connectivity index (χ1v) is 19.9. The number of hydrazine groups is 1. The van der Waals surface area contributed by atoms with Gasteiger partial charge in [0.25, 0.3) is 8.32 Å². The molecule has 4 rings (SSSR count). The summed E-state index contributed by atoms with van der Waals surface area (Å²) >= 11 is 0. The maximum atomic E-state index is 13.5. The molecule has 1 atom stereocenters. The molecule has 1 aliphatic heterocycles. The minimum absolute atomic E-state index is 0.00869. The minimum atomic E-state index is -4.44. The molecule has 1 fully saturated rings. The molecule has 9 heteroatoms. The predicted molar refractivity (Wildman–Crippen MR) is 178 cm³/mol. The van der Waals surface area contributed by atoms with Crippen LogP contribution in [0.5, 0.6) is 0 Å². The number of hydrogen-bond donors (Lipinski definition) is 2. The third-order valence-electron chi connectivity index (χ3n) is 8.85. The molecular formula is C35H45F3N2O2Si2. The Morgan fingerprint density at radius 1 is 0.750 bits per heavy atom. The molecule has 0 spiro atoms. The smallest absolute Gasteiger partial charge is 0.411 e. The molecule has 1 unspecified atom stereocenters. The lowest BCUT2D eigenvalue weighted by atomic mass is 10.0. The van der Waals surface area contributed by atoms with Crippen molar-refractivity contribution in [1.82, 2.24) is 10.9 Å². The zero-order valence-electron chi connectivity index (χ0n) is 27.0. The maximum absolute atomic E-state index is 13.5. The molecule has 4 nitrogen and oxygen atoms in total. The molecule has 236 valence electrons. The summed E-state index contributed by atoms with van der Waals surface area (Å²) in [6, 6.07) is 27.2. The molecule has 3 aromatic carbocycles. The van der Waals surface area contributed by atoms with Crippen LogP contribution < -0.4 is 21.2 Å². The van der Waals surface area contributed by atoms with Gasteiger partial charge in [0.15, 0.2) is 8.32 Å². The van der Waals surface area contributed by atoms with Crippen molar-refractivity contribution in [2.75, 3.05) is 6.61 Å². The van der Waals surface area contributed by atoms with Crippen LogP contribution in [0, 0.1) is 11.8 Å². The monoisotopic (exact) mass is 638 g/mol. The van der Waals surface area contributed by atoms with Crippen molar-refractivity contribution in [3.05, 3.63) is 96.1 Å². The van der Waals surface area contributed by atoms with Crippen LogP contribution in [0.4, 0.5) is 13.2 Å². The summed E-state index contributed by atoms with van der Waals surface area (Å²) in [5, 5.41) is 2.22. The highest BCUT2D eigenvalue weighted by Crippen LogP contribution is 2.42. The summed E-state index contributed by atoms with van der Waals surface area (Å²) in [4.78, 5) is 0. The SMILES string of the molecule is CC(C)(C)[Si](C)(C)OC(CC#Cc1ccc(C2(C(F)(F)F)NN2)cc1)CO[Si](c1ccccc1)(c1ccccc1)C(C)(C)C. The second-order valence-electron chi connectivity index (χ2n) is 14.1. The molecule has 0 amide bonds. The van der Waals surface area contributed by atoms with Gasteiger partial charge >= 0.3 is 6.18 Å². The predicted octanol–water partition coefficient (Wildman–Crippen LogP) is 7.22. The van der Waals surface area contributed by atoms with Crippen molar-refractivity contribution >= 4 is 27.0 Å². The van der Waals surface area contributed by atoms with E-state index in [0.717, 1.165) is 0 Å². The zero-order chi connectivity index (χ0) is 32.4. The fourth-order valence-electron chi connectivity index (χ4n) is 5.29. The van der Waals surface area contributed by atoms with E-state index in [0.29, 0.717) is 18.6 Å². The molecule has 2 N–H and O–H groups in total. The van der Waals surface area contributed by atoms with E-state index in [9.17, 15) is 13.2 Å². The molecule has 1 saturated heterocycles. The Labute approximate surface area is 263 Å². The first-order valence-electron chi connectivity index (χ1n) is 15.1. The van der Waals surface area contributed by atoms with E-state index in [1.807, 2.05) is 12.1 Å². The molecule has 1 aliphatic rings. The summed E-state index contributed by atoms with van der Waals surface area (Å²) < 4.78 is 54.6. The summed E-state index contributed by atoms with van der Waals surface area (Å²) in [6.07, 6.45) is -4.29. The molecule has 3 aromatic rings. The van der Waals surface area contributed by atoms with Gasteiger partial charge in [0.1, 0.15) is 0 Å². The van der Waals surface area contributed by atoms with Crippen LogP contribution in [0.1, 0.15) is 59.1 Å². The molecule has 0 bridgehead atoms. The van der Waals surface area contributed by atoms with Gasteiger partial charge in [-0.05, 0) is 51.2 Å². The van der Waals surface area contributed by atoms with E-state index in [1.165, 1.54) is 22.5 Å². The van der Waals surface area contributed by atoms with Gasteiger partial charge in [0, 0.05) is 12.0 Å². The van der Waals surface area contributed by atoms with Gasteiger partial charge in [-0.3, -0.25) is 0 Å².